The Morgan fingerprint density at radius 2 is 1.17 bits per heavy atom. The molecule has 4 N–H and O–H groups in total. The standard InChI is InChI=1S/C15H12O8/c16-13(17)22-11-5-1-3-9(7-11)15(20,21)10-4-2-6-12(8-10)23-14(18)19/h1-8,20-21H,(H,16,17)(H,18,19). The average Bonchev–Trinajstić information content (AvgIpc) is 2.46. The average molecular weight is 320 g/mol. The van der Waals surface area contributed by atoms with Crippen LogP contribution in [0.15, 0.2) is 48.5 Å². The van der Waals surface area contributed by atoms with Crippen molar-refractivity contribution in [3.8, 4) is 11.5 Å². The maximum Gasteiger partial charge on any atom is 0.511 e. The fourth-order valence-electron chi connectivity index (χ4n) is 1.92. The van der Waals surface area contributed by atoms with Crippen LogP contribution in [0.25, 0.3) is 0 Å². The molecule has 0 atom stereocenters. The van der Waals surface area contributed by atoms with Gasteiger partial charge in [-0.2, -0.15) is 0 Å². The third kappa shape index (κ3) is 3.96. The Bertz CT molecular complexity index is 676. The minimum Gasteiger partial charge on any atom is -0.449 e. The van der Waals surface area contributed by atoms with E-state index in [4.69, 9.17) is 10.2 Å². The zero-order valence-electron chi connectivity index (χ0n) is 11.5. The SMILES string of the molecule is O=C(O)Oc1cccc(C(O)(O)c2cccc(OC(=O)O)c2)c1. The zero-order chi connectivity index (χ0) is 17.0. The van der Waals surface area contributed by atoms with E-state index in [9.17, 15) is 19.8 Å². The summed E-state index contributed by atoms with van der Waals surface area (Å²) in [6.45, 7) is 0. The predicted molar refractivity (Wildman–Crippen MR) is 75.4 cm³/mol. The van der Waals surface area contributed by atoms with Gasteiger partial charge >= 0.3 is 12.3 Å². The number of aliphatic hydroxyl groups is 2. The van der Waals surface area contributed by atoms with Gasteiger partial charge in [0.2, 0.25) is 5.79 Å². The molecule has 0 aliphatic carbocycles. The number of hydrogen-bond donors (Lipinski definition) is 4. The third-order valence-corrected chi connectivity index (χ3v) is 2.88. The summed E-state index contributed by atoms with van der Waals surface area (Å²) >= 11 is 0. The Balaban J connectivity index is 2.37. The third-order valence-electron chi connectivity index (χ3n) is 2.88. The lowest BCUT2D eigenvalue weighted by molar-refractivity contribution is -0.132. The van der Waals surface area contributed by atoms with E-state index < -0.39 is 18.1 Å². The lowest BCUT2D eigenvalue weighted by Gasteiger charge is -2.23. The van der Waals surface area contributed by atoms with E-state index in [1.54, 1.807) is 0 Å². The first-order valence-corrected chi connectivity index (χ1v) is 6.26. The molecule has 0 fully saturated rings. The molecule has 0 aliphatic rings. The topological polar surface area (TPSA) is 134 Å². The number of carbonyl (C=O) groups is 2. The molecule has 23 heavy (non-hydrogen) atoms. The first-order chi connectivity index (χ1) is 10.8. The summed E-state index contributed by atoms with van der Waals surface area (Å²) in [5, 5.41) is 37.8. The van der Waals surface area contributed by atoms with Crippen LogP contribution in [-0.4, -0.2) is 32.7 Å². The molecule has 8 heteroatoms. The van der Waals surface area contributed by atoms with Crippen LogP contribution < -0.4 is 9.47 Å². The van der Waals surface area contributed by atoms with E-state index in [0.717, 1.165) is 12.1 Å². The maximum atomic E-state index is 10.5. The quantitative estimate of drug-likeness (QED) is 0.382. The van der Waals surface area contributed by atoms with Crippen molar-refractivity contribution in [3.05, 3.63) is 59.7 Å². The summed E-state index contributed by atoms with van der Waals surface area (Å²) in [5.41, 5.74) is -0.132. The van der Waals surface area contributed by atoms with Gasteiger partial charge in [0.1, 0.15) is 11.5 Å². The zero-order valence-corrected chi connectivity index (χ0v) is 11.5. The molecule has 0 saturated heterocycles. The van der Waals surface area contributed by atoms with E-state index in [1.165, 1.54) is 36.4 Å². The fourth-order valence-corrected chi connectivity index (χ4v) is 1.92. The molecule has 2 aromatic carbocycles. The molecular formula is C15H12O8. The van der Waals surface area contributed by atoms with Crippen molar-refractivity contribution in [2.24, 2.45) is 0 Å². The molecule has 0 aromatic heterocycles. The van der Waals surface area contributed by atoms with Crippen LogP contribution in [0.5, 0.6) is 11.5 Å². The van der Waals surface area contributed by atoms with E-state index in [1.807, 2.05) is 0 Å². The monoisotopic (exact) mass is 320 g/mol. The molecule has 0 unspecified atom stereocenters. The highest BCUT2D eigenvalue weighted by atomic mass is 16.7. The van der Waals surface area contributed by atoms with Gasteiger partial charge in [-0.25, -0.2) is 9.59 Å². The van der Waals surface area contributed by atoms with Crippen molar-refractivity contribution >= 4 is 12.3 Å². The van der Waals surface area contributed by atoms with E-state index in [0.29, 0.717) is 0 Å². The number of carboxylic acid groups (broad SMARTS) is 2. The van der Waals surface area contributed by atoms with Crippen LogP contribution in [0.2, 0.25) is 0 Å². The van der Waals surface area contributed by atoms with Crippen LogP contribution in [0.4, 0.5) is 9.59 Å². The molecule has 8 nitrogen and oxygen atoms in total. The summed E-state index contributed by atoms with van der Waals surface area (Å²) in [6.07, 6.45) is -3.08. The highest BCUT2D eigenvalue weighted by molar-refractivity contribution is 5.62. The number of rotatable bonds is 4. The summed E-state index contributed by atoms with van der Waals surface area (Å²) < 4.78 is 8.91. The summed E-state index contributed by atoms with van der Waals surface area (Å²) in [5.74, 6) is -2.70. The molecule has 0 heterocycles. The van der Waals surface area contributed by atoms with Gasteiger partial charge in [0.25, 0.3) is 0 Å². The summed E-state index contributed by atoms with van der Waals surface area (Å²) in [6, 6.07) is 10.4. The Morgan fingerprint density at radius 3 is 1.52 bits per heavy atom. The molecule has 2 rings (SSSR count). The van der Waals surface area contributed by atoms with Crippen molar-refractivity contribution in [3.63, 3.8) is 0 Å². The van der Waals surface area contributed by atoms with Crippen molar-refractivity contribution < 1.29 is 39.5 Å². The largest absolute Gasteiger partial charge is 0.511 e. The highest BCUT2D eigenvalue weighted by Crippen LogP contribution is 2.31. The normalized spacial score (nSPS) is 10.9. The Morgan fingerprint density at radius 1 is 0.783 bits per heavy atom. The van der Waals surface area contributed by atoms with E-state index >= 15 is 0 Å². The molecule has 0 amide bonds. The van der Waals surface area contributed by atoms with Gasteiger partial charge < -0.3 is 29.9 Å². The van der Waals surface area contributed by atoms with Crippen molar-refractivity contribution in [1.29, 1.82) is 0 Å². The smallest absolute Gasteiger partial charge is 0.449 e. The molecule has 0 saturated carbocycles. The van der Waals surface area contributed by atoms with Crippen LogP contribution in [0.1, 0.15) is 11.1 Å². The molecule has 0 radical (unpaired) electrons. The molecule has 0 bridgehead atoms. The predicted octanol–water partition coefficient (Wildman–Crippen LogP) is 1.99. The molecule has 0 spiro atoms. The first kappa shape index (κ1) is 16.3. The molecular weight excluding hydrogens is 308 g/mol. The van der Waals surface area contributed by atoms with Gasteiger partial charge in [0, 0.05) is 11.1 Å². The van der Waals surface area contributed by atoms with Crippen molar-refractivity contribution in [1.82, 2.24) is 0 Å². The van der Waals surface area contributed by atoms with Gasteiger partial charge in [-0.1, -0.05) is 24.3 Å². The van der Waals surface area contributed by atoms with Crippen molar-refractivity contribution in [2.75, 3.05) is 0 Å². The second-order valence-electron chi connectivity index (χ2n) is 4.46. The van der Waals surface area contributed by atoms with Crippen LogP contribution in [0, 0.1) is 0 Å². The van der Waals surface area contributed by atoms with E-state index in [-0.39, 0.29) is 22.6 Å². The van der Waals surface area contributed by atoms with Crippen LogP contribution in [-0.2, 0) is 5.79 Å². The Labute approximate surface area is 129 Å². The first-order valence-electron chi connectivity index (χ1n) is 6.26. The van der Waals surface area contributed by atoms with Gasteiger partial charge in [-0.05, 0) is 24.3 Å². The van der Waals surface area contributed by atoms with E-state index in [2.05, 4.69) is 9.47 Å². The van der Waals surface area contributed by atoms with Crippen LogP contribution in [0.3, 0.4) is 0 Å². The summed E-state index contributed by atoms with van der Waals surface area (Å²) in [4.78, 5) is 21.1. The van der Waals surface area contributed by atoms with Gasteiger partial charge in [0.05, 0.1) is 0 Å². The second kappa shape index (κ2) is 6.34. The van der Waals surface area contributed by atoms with Crippen LogP contribution >= 0.6 is 0 Å². The summed E-state index contributed by atoms with van der Waals surface area (Å²) in [7, 11) is 0. The molecule has 0 aliphatic heterocycles. The number of ether oxygens (including phenoxy) is 2. The number of benzene rings is 2. The Kier molecular flexibility index (Phi) is 4.49. The minimum absolute atomic E-state index is 0.0660. The van der Waals surface area contributed by atoms with Gasteiger partial charge in [0.15, 0.2) is 0 Å². The number of hydrogen-bond acceptors (Lipinski definition) is 6. The lowest BCUT2D eigenvalue weighted by atomic mass is 9.97. The van der Waals surface area contributed by atoms with Gasteiger partial charge in [-0.3, -0.25) is 0 Å². The maximum absolute atomic E-state index is 10.5. The lowest BCUT2D eigenvalue weighted by Crippen LogP contribution is -2.26. The molecule has 2 aromatic rings. The Hall–Kier alpha value is -3.10. The second-order valence-corrected chi connectivity index (χ2v) is 4.46. The highest BCUT2D eigenvalue weighted by Gasteiger charge is 2.29. The fraction of sp³-hybridized carbons (Fsp3) is 0.0667. The van der Waals surface area contributed by atoms with Gasteiger partial charge in [-0.15, -0.1) is 0 Å². The van der Waals surface area contributed by atoms with Crippen molar-refractivity contribution in [2.45, 2.75) is 5.79 Å². The minimum atomic E-state index is -2.50. The molecule has 120 valence electrons.